The summed E-state index contributed by atoms with van der Waals surface area (Å²) in [5.41, 5.74) is 4.22. The van der Waals surface area contributed by atoms with Gasteiger partial charge in [-0.15, -0.1) is 0 Å². The molecule has 1 aromatic carbocycles. The number of fused-ring (bicyclic) bond motifs is 2. The van der Waals surface area contributed by atoms with E-state index in [0.717, 1.165) is 30.8 Å². The van der Waals surface area contributed by atoms with Crippen LogP contribution in [0.25, 0.3) is 0 Å². The first-order chi connectivity index (χ1) is 12.7. The molecule has 136 valence electrons. The fourth-order valence-electron chi connectivity index (χ4n) is 6.00. The van der Waals surface area contributed by atoms with E-state index in [1.807, 2.05) is 6.07 Å². The number of carbonyl (C=O) groups is 1. The highest BCUT2D eigenvalue weighted by molar-refractivity contribution is 6.09. The normalized spacial score (nSPS) is 38.7. The van der Waals surface area contributed by atoms with Gasteiger partial charge in [-0.2, -0.15) is 0 Å². The molecule has 2 saturated heterocycles. The Bertz CT molecular complexity index is 845. The van der Waals surface area contributed by atoms with E-state index >= 15 is 0 Å². The molecule has 5 atom stereocenters. The van der Waals surface area contributed by atoms with Gasteiger partial charge in [0.05, 0.1) is 30.2 Å². The third kappa shape index (κ3) is 1.78. The standard InChI is InChI=1S/C21H24N2O3/c1-4-12-11-23-16-9-13(12)18(20(24)26-3)21(10-17(23)25-2)14-7-5-6-8-15(14)22-19(16)21/h4-8,13,16-18H,9-11H2,1-3H3/t13-,16-,17?,18?,21+/m1/s1. The van der Waals surface area contributed by atoms with E-state index < -0.39 is 5.41 Å². The van der Waals surface area contributed by atoms with Crippen LogP contribution in [0.4, 0.5) is 5.69 Å². The Morgan fingerprint density at radius 2 is 2.15 bits per heavy atom. The van der Waals surface area contributed by atoms with Gasteiger partial charge in [0, 0.05) is 25.8 Å². The summed E-state index contributed by atoms with van der Waals surface area (Å²) in [5, 5.41) is 0. The van der Waals surface area contributed by atoms with E-state index in [1.165, 1.54) is 18.2 Å². The van der Waals surface area contributed by atoms with Gasteiger partial charge in [-0.3, -0.25) is 14.7 Å². The fourth-order valence-corrected chi connectivity index (χ4v) is 6.00. The fraction of sp³-hybridized carbons (Fsp3) is 0.524. The molecule has 0 N–H and O–H groups in total. The van der Waals surface area contributed by atoms with Crippen LogP contribution in [0.1, 0.15) is 25.3 Å². The predicted molar refractivity (Wildman–Crippen MR) is 98.5 cm³/mol. The average molecular weight is 352 g/mol. The number of ether oxygens (including phenoxy) is 2. The second-order valence-corrected chi connectivity index (χ2v) is 7.77. The molecule has 0 spiro atoms. The van der Waals surface area contributed by atoms with Gasteiger partial charge < -0.3 is 9.47 Å². The van der Waals surface area contributed by atoms with Gasteiger partial charge in [-0.25, -0.2) is 0 Å². The Labute approximate surface area is 153 Å². The number of methoxy groups -OCH3 is 2. The molecule has 3 aliphatic heterocycles. The molecule has 0 aromatic heterocycles. The van der Waals surface area contributed by atoms with Gasteiger partial charge in [-0.05, 0) is 30.9 Å². The summed E-state index contributed by atoms with van der Waals surface area (Å²) in [6.45, 7) is 2.91. The minimum absolute atomic E-state index is 0.0199. The first-order valence-corrected chi connectivity index (χ1v) is 9.35. The third-order valence-electron chi connectivity index (χ3n) is 7.01. The molecule has 1 saturated carbocycles. The smallest absolute Gasteiger partial charge is 0.310 e. The molecule has 0 amide bonds. The van der Waals surface area contributed by atoms with Gasteiger partial charge in [0.1, 0.15) is 6.23 Å². The maximum Gasteiger partial charge on any atom is 0.310 e. The van der Waals surface area contributed by atoms with Crippen molar-refractivity contribution in [2.24, 2.45) is 16.8 Å². The van der Waals surface area contributed by atoms with E-state index in [2.05, 4.69) is 36.1 Å². The molecule has 3 heterocycles. The topological polar surface area (TPSA) is 51.1 Å². The summed E-state index contributed by atoms with van der Waals surface area (Å²) in [6, 6.07) is 8.51. The van der Waals surface area contributed by atoms with Crippen molar-refractivity contribution < 1.29 is 14.3 Å². The van der Waals surface area contributed by atoms with Crippen LogP contribution in [0.5, 0.6) is 0 Å². The summed E-state index contributed by atoms with van der Waals surface area (Å²) in [6.07, 6.45) is 3.82. The highest BCUT2D eigenvalue weighted by Crippen LogP contribution is 2.61. The molecule has 5 heteroatoms. The van der Waals surface area contributed by atoms with E-state index in [4.69, 9.17) is 14.5 Å². The molecule has 1 aliphatic carbocycles. The first kappa shape index (κ1) is 16.2. The Morgan fingerprint density at radius 3 is 2.88 bits per heavy atom. The van der Waals surface area contributed by atoms with Crippen molar-refractivity contribution >= 4 is 17.4 Å². The SMILES string of the molecule is CC=C1CN2C(OC)C[C@]34C(=Nc5ccccc53)[C@H]2C[C@H]1C4C(=O)OC. The number of benzene rings is 1. The van der Waals surface area contributed by atoms with Crippen molar-refractivity contribution in [1.29, 1.82) is 0 Å². The maximum atomic E-state index is 13.1. The van der Waals surface area contributed by atoms with Crippen molar-refractivity contribution in [3.63, 3.8) is 0 Å². The van der Waals surface area contributed by atoms with E-state index in [9.17, 15) is 4.79 Å². The molecule has 2 unspecified atom stereocenters. The number of aliphatic imine (C=N–C) groups is 1. The zero-order valence-corrected chi connectivity index (χ0v) is 15.4. The van der Waals surface area contributed by atoms with Gasteiger partial charge in [-0.1, -0.05) is 29.8 Å². The van der Waals surface area contributed by atoms with Crippen molar-refractivity contribution in [2.45, 2.75) is 37.5 Å². The monoisotopic (exact) mass is 352 g/mol. The van der Waals surface area contributed by atoms with Crippen LogP contribution in [0, 0.1) is 11.8 Å². The largest absolute Gasteiger partial charge is 0.469 e. The lowest BCUT2D eigenvalue weighted by Crippen LogP contribution is -2.71. The first-order valence-electron chi connectivity index (χ1n) is 9.35. The molecule has 5 rings (SSSR count). The second kappa shape index (κ2) is 5.51. The number of nitrogens with zero attached hydrogens (tertiary/aromatic N) is 2. The summed E-state index contributed by atoms with van der Waals surface area (Å²) in [5.74, 6) is -0.156. The molecule has 26 heavy (non-hydrogen) atoms. The number of piperidine rings is 2. The molecular weight excluding hydrogens is 328 g/mol. The van der Waals surface area contributed by atoms with Crippen molar-refractivity contribution in [2.75, 3.05) is 20.8 Å². The third-order valence-corrected chi connectivity index (χ3v) is 7.01. The molecule has 0 radical (unpaired) electrons. The average Bonchev–Trinajstić information content (AvgIpc) is 3.02. The summed E-state index contributed by atoms with van der Waals surface area (Å²) >= 11 is 0. The van der Waals surface area contributed by atoms with Crippen LogP contribution in [0.15, 0.2) is 40.9 Å². The van der Waals surface area contributed by atoms with E-state index in [1.54, 1.807) is 7.11 Å². The Kier molecular flexibility index (Phi) is 3.43. The highest BCUT2D eigenvalue weighted by Gasteiger charge is 2.67. The van der Waals surface area contributed by atoms with Gasteiger partial charge in [0.15, 0.2) is 0 Å². The quantitative estimate of drug-likeness (QED) is 0.607. The Hall–Kier alpha value is -1.98. The number of rotatable bonds is 2. The molecule has 3 fully saturated rings. The molecule has 3 bridgehead atoms. The lowest BCUT2D eigenvalue weighted by Gasteiger charge is -2.61. The van der Waals surface area contributed by atoms with Crippen molar-refractivity contribution in [1.82, 2.24) is 4.90 Å². The number of carbonyl (C=O) groups excluding carboxylic acids is 1. The van der Waals surface area contributed by atoms with Crippen LogP contribution in [-0.4, -0.2) is 49.6 Å². The van der Waals surface area contributed by atoms with E-state index in [-0.39, 0.29) is 30.1 Å². The summed E-state index contributed by atoms with van der Waals surface area (Å²) in [4.78, 5) is 20.6. The maximum absolute atomic E-state index is 13.1. The van der Waals surface area contributed by atoms with Crippen molar-refractivity contribution in [3.8, 4) is 0 Å². The number of para-hydroxylation sites is 1. The minimum atomic E-state index is -0.414. The Morgan fingerprint density at radius 1 is 1.35 bits per heavy atom. The lowest BCUT2D eigenvalue weighted by atomic mass is 9.50. The number of allylic oxidation sites excluding steroid dienone is 1. The number of hydrogen-bond acceptors (Lipinski definition) is 5. The zero-order valence-electron chi connectivity index (χ0n) is 15.4. The molecular formula is C21H24N2O3. The zero-order chi connectivity index (χ0) is 18.1. The molecule has 4 aliphatic rings. The van der Waals surface area contributed by atoms with Gasteiger partial charge in [0.25, 0.3) is 0 Å². The summed E-state index contributed by atoms with van der Waals surface area (Å²) in [7, 11) is 3.28. The number of hydrogen-bond donors (Lipinski definition) is 0. The predicted octanol–water partition coefficient (Wildman–Crippen LogP) is 2.83. The minimum Gasteiger partial charge on any atom is -0.469 e. The van der Waals surface area contributed by atoms with Gasteiger partial charge in [0.2, 0.25) is 0 Å². The number of esters is 1. The molecule has 5 nitrogen and oxygen atoms in total. The van der Waals surface area contributed by atoms with E-state index in [0.29, 0.717) is 0 Å². The lowest BCUT2D eigenvalue weighted by molar-refractivity contribution is -0.158. The van der Waals surface area contributed by atoms with Crippen LogP contribution < -0.4 is 0 Å². The van der Waals surface area contributed by atoms with Crippen LogP contribution >= 0.6 is 0 Å². The van der Waals surface area contributed by atoms with Crippen molar-refractivity contribution in [3.05, 3.63) is 41.5 Å². The second-order valence-electron chi connectivity index (χ2n) is 7.77. The highest BCUT2D eigenvalue weighted by atomic mass is 16.5. The summed E-state index contributed by atoms with van der Waals surface area (Å²) < 4.78 is 11.3. The Balaban J connectivity index is 1.80. The van der Waals surface area contributed by atoms with Crippen LogP contribution in [0.2, 0.25) is 0 Å². The van der Waals surface area contributed by atoms with Crippen LogP contribution in [0.3, 0.4) is 0 Å². The van der Waals surface area contributed by atoms with Gasteiger partial charge >= 0.3 is 5.97 Å². The van der Waals surface area contributed by atoms with Crippen LogP contribution in [-0.2, 0) is 19.7 Å². The molecule has 1 aromatic rings.